The summed E-state index contributed by atoms with van der Waals surface area (Å²) in [6.07, 6.45) is 3.09. The first-order valence-corrected chi connectivity index (χ1v) is 6.43. The monoisotopic (exact) mass is 251 g/mol. The zero-order valence-electron chi connectivity index (χ0n) is 9.23. The number of benzene rings is 1. The molecule has 1 heterocycles. The van der Waals surface area contributed by atoms with Crippen molar-refractivity contribution >= 4 is 21.6 Å². The van der Waals surface area contributed by atoms with E-state index in [-0.39, 0.29) is 16.1 Å². The SMILES string of the molecule is NCC1(c2cc3oc(=O)sc3cc2O)CCC1. The third kappa shape index (κ3) is 1.50. The summed E-state index contributed by atoms with van der Waals surface area (Å²) in [7, 11) is 0. The molecule has 2 aromatic rings. The first kappa shape index (κ1) is 10.8. The number of rotatable bonds is 2. The average Bonchev–Trinajstić information content (AvgIpc) is 2.57. The first-order valence-electron chi connectivity index (χ1n) is 5.62. The molecule has 0 amide bonds. The van der Waals surface area contributed by atoms with Gasteiger partial charge in [-0.25, -0.2) is 4.79 Å². The molecule has 1 aliphatic carbocycles. The lowest BCUT2D eigenvalue weighted by Gasteiger charge is -2.41. The molecule has 5 heteroatoms. The van der Waals surface area contributed by atoms with E-state index in [1.807, 2.05) is 0 Å². The van der Waals surface area contributed by atoms with Gasteiger partial charge in [-0.05, 0) is 18.9 Å². The van der Waals surface area contributed by atoms with E-state index < -0.39 is 0 Å². The summed E-state index contributed by atoms with van der Waals surface area (Å²) in [6.45, 7) is 0.514. The second-order valence-electron chi connectivity index (χ2n) is 4.61. The summed E-state index contributed by atoms with van der Waals surface area (Å²) in [5, 5.41) is 10.1. The zero-order valence-corrected chi connectivity index (χ0v) is 10.0. The van der Waals surface area contributed by atoms with Crippen LogP contribution in [0.3, 0.4) is 0 Å². The van der Waals surface area contributed by atoms with Gasteiger partial charge in [-0.1, -0.05) is 17.8 Å². The van der Waals surface area contributed by atoms with Crippen molar-refractivity contribution in [2.24, 2.45) is 5.73 Å². The molecular formula is C12H13NO3S. The van der Waals surface area contributed by atoms with Crippen LogP contribution in [0.4, 0.5) is 0 Å². The molecule has 1 saturated carbocycles. The number of fused-ring (bicyclic) bond motifs is 1. The van der Waals surface area contributed by atoms with Crippen LogP contribution < -0.4 is 10.7 Å². The topological polar surface area (TPSA) is 76.5 Å². The molecule has 3 rings (SSSR count). The van der Waals surface area contributed by atoms with Crippen LogP contribution in [0.5, 0.6) is 5.75 Å². The van der Waals surface area contributed by atoms with Gasteiger partial charge in [0, 0.05) is 23.6 Å². The van der Waals surface area contributed by atoms with Crippen molar-refractivity contribution in [2.75, 3.05) is 6.54 Å². The highest BCUT2D eigenvalue weighted by Crippen LogP contribution is 2.47. The number of phenolic OH excluding ortho intramolecular Hbond substituents is 1. The fourth-order valence-corrected chi connectivity index (χ4v) is 3.20. The van der Waals surface area contributed by atoms with E-state index in [4.69, 9.17) is 10.2 Å². The van der Waals surface area contributed by atoms with Crippen molar-refractivity contribution in [2.45, 2.75) is 24.7 Å². The molecule has 0 radical (unpaired) electrons. The number of aromatic hydroxyl groups is 1. The van der Waals surface area contributed by atoms with Gasteiger partial charge in [0.2, 0.25) is 0 Å². The summed E-state index contributed by atoms with van der Waals surface area (Å²) >= 11 is 1.01. The molecule has 1 aliphatic rings. The normalized spacial score (nSPS) is 18.2. The van der Waals surface area contributed by atoms with Crippen LogP contribution in [0, 0.1) is 0 Å². The Labute approximate surface area is 102 Å². The van der Waals surface area contributed by atoms with Crippen LogP contribution in [0.2, 0.25) is 0 Å². The first-order chi connectivity index (χ1) is 8.14. The van der Waals surface area contributed by atoms with Gasteiger partial charge in [0.25, 0.3) is 0 Å². The highest BCUT2D eigenvalue weighted by atomic mass is 32.1. The third-order valence-electron chi connectivity index (χ3n) is 3.72. The summed E-state index contributed by atoms with van der Waals surface area (Å²) < 4.78 is 5.77. The quantitative estimate of drug-likeness (QED) is 0.855. The minimum atomic E-state index is -0.341. The van der Waals surface area contributed by atoms with Gasteiger partial charge in [0.1, 0.15) is 11.3 Å². The Balaban J connectivity index is 2.22. The van der Waals surface area contributed by atoms with Crippen LogP contribution in [0.1, 0.15) is 24.8 Å². The maximum absolute atomic E-state index is 11.2. The number of nitrogens with two attached hydrogens (primary N) is 1. The predicted molar refractivity (Wildman–Crippen MR) is 66.6 cm³/mol. The zero-order chi connectivity index (χ0) is 12.0. The molecule has 90 valence electrons. The van der Waals surface area contributed by atoms with Crippen molar-refractivity contribution in [3.63, 3.8) is 0 Å². The Morgan fingerprint density at radius 2 is 2.24 bits per heavy atom. The van der Waals surface area contributed by atoms with Crippen LogP contribution in [0.25, 0.3) is 10.3 Å². The Morgan fingerprint density at radius 1 is 1.47 bits per heavy atom. The molecule has 0 spiro atoms. The molecule has 0 atom stereocenters. The maximum Gasteiger partial charge on any atom is 0.396 e. The summed E-state index contributed by atoms with van der Waals surface area (Å²) in [4.78, 5) is 10.8. The highest BCUT2D eigenvalue weighted by molar-refractivity contribution is 7.16. The van der Waals surface area contributed by atoms with Crippen LogP contribution in [0.15, 0.2) is 21.3 Å². The Hall–Kier alpha value is -1.33. The number of hydrogen-bond acceptors (Lipinski definition) is 5. The van der Waals surface area contributed by atoms with Gasteiger partial charge < -0.3 is 15.3 Å². The van der Waals surface area contributed by atoms with Crippen molar-refractivity contribution in [3.05, 3.63) is 27.4 Å². The molecule has 1 fully saturated rings. The molecule has 4 nitrogen and oxygen atoms in total. The molecule has 1 aromatic heterocycles. The second-order valence-corrected chi connectivity index (χ2v) is 5.59. The van der Waals surface area contributed by atoms with Gasteiger partial charge in [-0.15, -0.1) is 0 Å². The Kier molecular flexibility index (Phi) is 2.27. The lowest BCUT2D eigenvalue weighted by Crippen LogP contribution is -2.41. The summed E-state index contributed by atoms with van der Waals surface area (Å²) in [6, 6.07) is 3.38. The average molecular weight is 251 g/mol. The Morgan fingerprint density at radius 3 is 2.82 bits per heavy atom. The fourth-order valence-electron chi connectivity index (χ4n) is 2.52. The molecule has 0 unspecified atom stereocenters. The maximum atomic E-state index is 11.2. The molecule has 1 aromatic carbocycles. The minimum Gasteiger partial charge on any atom is -0.508 e. The van der Waals surface area contributed by atoms with E-state index in [1.54, 1.807) is 12.1 Å². The van der Waals surface area contributed by atoms with Crippen molar-refractivity contribution in [3.8, 4) is 5.75 Å². The molecule has 0 saturated heterocycles. The van der Waals surface area contributed by atoms with E-state index in [2.05, 4.69) is 0 Å². The van der Waals surface area contributed by atoms with Crippen LogP contribution in [-0.2, 0) is 5.41 Å². The minimum absolute atomic E-state index is 0.126. The van der Waals surface area contributed by atoms with Crippen molar-refractivity contribution in [1.82, 2.24) is 0 Å². The molecule has 3 N–H and O–H groups in total. The number of phenols is 1. The molecule has 0 bridgehead atoms. The van der Waals surface area contributed by atoms with Crippen molar-refractivity contribution < 1.29 is 9.52 Å². The summed E-state index contributed by atoms with van der Waals surface area (Å²) in [5.74, 6) is 0.222. The van der Waals surface area contributed by atoms with Gasteiger partial charge in [0.15, 0.2) is 0 Å². The Bertz CT molecular complexity index is 619. The van der Waals surface area contributed by atoms with Crippen LogP contribution >= 0.6 is 11.3 Å². The van der Waals surface area contributed by atoms with Crippen LogP contribution in [-0.4, -0.2) is 11.7 Å². The van der Waals surface area contributed by atoms with Crippen molar-refractivity contribution in [1.29, 1.82) is 0 Å². The fraction of sp³-hybridized carbons (Fsp3) is 0.417. The van der Waals surface area contributed by atoms with E-state index >= 15 is 0 Å². The van der Waals surface area contributed by atoms with E-state index in [0.717, 1.165) is 36.2 Å². The largest absolute Gasteiger partial charge is 0.508 e. The molecule has 0 aliphatic heterocycles. The van der Waals surface area contributed by atoms with E-state index in [1.165, 1.54) is 0 Å². The van der Waals surface area contributed by atoms with Gasteiger partial charge in [-0.3, -0.25) is 0 Å². The third-order valence-corrected chi connectivity index (χ3v) is 4.51. The van der Waals surface area contributed by atoms with Gasteiger partial charge >= 0.3 is 4.94 Å². The molecular weight excluding hydrogens is 238 g/mol. The standard InChI is InChI=1S/C12H13NO3S/c13-6-12(2-1-3-12)7-4-9-10(5-8(7)14)17-11(15)16-9/h4-5,14H,1-3,6,13H2. The highest BCUT2D eigenvalue weighted by Gasteiger charge is 2.39. The number of hydrogen-bond donors (Lipinski definition) is 2. The molecule has 17 heavy (non-hydrogen) atoms. The van der Waals surface area contributed by atoms with E-state index in [9.17, 15) is 9.90 Å². The summed E-state index contributed by atoms with van der Waals surface area (Å²) in [5.41, 5.74) is 7.06. The predicted octanol–water partition coefficient (Wildman–Crippen LogP) is 1.94. The lowest BCUT2D eigenvalue weighted by molar-refractivity contribution is 0.245. The van der Waals surface area contributed by atoms with E-state index in [0.29, 0.717) is 16.8 Å². The lowest BCUT2D eigenvalue weighted by atomic mass is 9.64. The smallest absolute Gasteiger partial charge is 0.396 e. The van der Waals surface area contributed by atoms with Gasteiger partial charge in [0.05, 0.1) is 4.70 Å². The second kappa shape index (κ2) is 3.58. The van der Waals surface area contributed by atoms with Gasteiger partial charge in [-0.2, -0.15) is 0 Å².